The van der Waals surface area contributed by atoms with Gasteiger partial charge in [0, 0.05) is 31.2 Å². The van der Waals surface area contributed by atoms with Crippen molar-refractivity contribution < 1.29 is 33.4 Å². The number of benzene rings is 2. The summed E-state index contributed by atoms with van der Waals surface area (Å²) in [7, 11) is 1.58. The zero-order valence-electron chi connectivity index (χ0n) is 30.6. The van der Waals surface area contributed by atoms with Gasteiger partial charge in [-0.1, -0.05) is 58.0 Å². The highest BCUT2D eigenvalue weighted by Gasteiger charge is 2.50. The maximum absolute atomic E-state index is 13.9. The summed E-state index contributed by atoms with van der Waals surface area (Å²) in [5.74, 6) is -0.258. The quantitative estimate of drug-likeness (QED) is 0.164. The molecule has 5 N–H and O–H groups in total. The number of methoxy groups -OCH3 is 1. The van der Waals surface area contributed by atoms with Crippen LogP contribution in [0.3, 0.4) is 0 Å². The molecule has 2 aliphatic heterocycles. The molecule has 4 atom stereocenters. The fourth-order valence-electron chi connectivity index (χ4n) is 6.12. The van der Waals surface area contributed by atoms with Gasteiger partial charge in [0.15, 0.2) is 5.78 Å². The van der Waals surface area contributed by atoms with E-state index in [1.165, 1.54) is 0 Å². The average molecular weight is 707 g/mol. The molecule has 2 aromatic carbocycles. The Bertz CT molecular complexity index is 1490. The molecule has 0 bridgehead atoms. The molecule has 0 radical (unpaired) electrons. The van der Waals surface area contributed by atoms with Crippen LogP contribution in [-0.4, -0.2) is 91.1 Å². The first-order valence-corrected chi connectivity index (χ1v) is 17.9. The van der Waals surface area contributed by atoms with Crippen LogP contribution in [0.25, 0.3) is 0 Å². The Labute approximate surface area is 301 Å². The van der Waals surface area contributed by atoms with Gasteiger partial charge in [0.1, 0.15) is 23.4 Å². The third-order valence-corrected chi connectivity index (χ3v) is 9.14. The minimum absolute atomic E-state index is 0.0638. The van der Waals surface area contributed by atoms with Crippen LogP contribution in [0.15, 0.2) is 54.6 Å². The Morgan fingerprint density at radius 1 is 0.824 bits per heavy atom. The highest BCUT2D eigenvalue weighted by Crippen LogP contribution is 2.29. The summed E-state index contributed by atoms with van der Waals surface area (Å²) >= 11 is 0. The van der Waals surface area contributed by atoms with E-state index in [2.05, 4.69) is 26.6 Å². The summed E-state index contributed by atoms with van der Waals surface area (Å²) < 4.78 is 10.5. The van der Waals surface area contributed by atoms with Gasteiger partial charge in [-0.05, 0) is 74.3 Å². The van der Waals surface area contributed by atoms with E-state index in [0.717, 1.165) is 5.56 Å². The minimum Gasteiger partial charge on any atom is -0.497 e. The third-order valence-electron chi connectivity index (χ3n) is 9.14. The van der Waals surface area contributed by atoms with Gasteiger partial charge in [-0.2, -0.15) is 0 Å². The maximum Gasteiger partial charge on any atom is 0.319 e. The number of hydrogen-bond donors (Lipinski definition) is 5. The summed E-state index contributed by atoms with van der Waals surface area (Å²) in [6.07, 6.45) is 2.07. The summed E-state index contributed by atoms with van der Waals surface area (Å²) in [5, 5.41) is 14.5. The van der Waals surface area contributed by atoms with E-state index >= 15 is 0 Å². The van der Waals surface area contributed by atoms with Gasteiger partial charge in [0.25, 0.3) is 0 Å². The summed E-state index contributed by atoms with van der Waals surface area (Å²) in [6, 6.07) is 12.8. The lowest BCUT2D eigenvalue weighted by Gasteiger charge is -2.34. The number of hydrogen-bond acceptors (Lipinski definition) is 7. The number of carbonyl (C=O) groups excluding carboxylic acids is 5. The van der Waals surface area contributed by atoms with Crippen LogP contribution in [0.5, 0.6) is 5.75 Å². The molecule has 2 fully saturated rings. The molecule has 2 aliphatic rings. The summed E-state index contributed by atoms with van der Waals surface area (Å²) in [6.45, 7) is 10.7. The molecular weight excluding hydrogens is 652 g/mol. The van der Waals surface area contributed by atoms with Crippen LogP contribution in [0.1, 0.15) is 65.9 Å². The van der Waals surface area contributed by atoms with Gasteiger partial charge in [0.2, 0.25) is 11.8 Å². The zero-order chi connectivity index (χ0) is 37.1. The normalized spacial score (nSPS) is 19.0. The second kappa shape index (κ2) is 18.0. The first-order chi connectivity index (χ1) is 24.3. The number of Topliss-reactive ketones (excluding diaryl/α,β-unsaturated/α-hetero) is 1. The molecule has 2 saturated heterocycles. The Hall–Kier alpha value is -4.65. The van der Waals surface area contributed by atoms with Crippen molar-refractivity contribution in [2.75, 3.05) is 32.1 Å². The maximum atomic E-state index is 13.9. The first kappa shape index (κ1) is 39.1. The van der Waals surface area contributed by atoms with E-state index in [1.54, 1.807) is 43.2 Å². The van der Waals surface area contributed by atoms with Gasteiger partial charge in [0.05, 0.1) is 19.8 Å². The SMILES string of the molecule is COc1ccc(NC(=O)NC2CCN(C(=O)NC(CC(C)C)C(=O)NC(Cc3ccccc3)C(=O)NC(CC(C)C)C(=O)C3(C)CO3)CC2)cc1. The number of piperidine rings is 1. The number of epoxide rings is 1. The standard InChI is InChI=1S/C38H54N6O7/c1-24(2)20-30(33(45)38(5)23-51-38)41-35(47)32(22-26-10-8-7-9-11-26)42-34(46)31(21-25(3)4)43-37(49)44-18-16-28(17-19-44)40-36(48)39-27-12-14-29(50-6)15-13-27/h7-15,24-25,28,30-32H,16-23H2,1-6H3,(H,41,47)(H,42,46)(H,43,49)(H2,39,40,48). The fourth-order valence-corrected chi connectivity index (χ4v) is 6.12. The predicted octanol–water partition coefficient (Wildman–Crippen LogP) is 4.02. The lowest BCUT2D eigenvalue weighted by molar-refractivity contribution is -0.133. The van der Waals surface area contributed by atoms with E-state index in [4.69, 9.17) is 9.47 Å². The molecular formula is C38H54N6O7. The zero-order valence-corrected chi connectivity index (χ0v) is 30.6. The van der Waals surface area contributed by atoms with E-state index < -0.39 is 35.5 Å². The van der Waals surface area contributed by atoms with E-state index in [9.17, 15) is 24.0 Å². The van der Waals surface area contributed by atoms with Crippen molar-refractivity contribution in [3.8, 4) is 5.75 Å². The Kier molecular flexibility index (Phi) is 13.8. The molecule has 4 rings (SSSR count). The largest absolute Gasteiger partial charge is 0.497 e. The van der Waals surface area contributed by atoms with Crippen LogP contribution < -0.4 is 31.3 Å². The Balaban J connectivity index is 1.37. The second-order valence-corrected chi connectivity index (χ2v) is 14.5. The van der Waals surface area contributed by atoms with Gasteiger partial charge >= 0.3 is 12.1 Å². The molecule has 0 saturated carbocycles. The monoisotopic (exact) mass is 706 g/mol. The van der Waals surface area contributed by atoms with Crippen LogP contribution in [-0.2, 0) is 25.5 Å². The van der Waals surface area contributed by atoms with Crippen molar-refractivity contribution in [2.45, 2.75) is 96.5 Å². The predicted molar refractivity (Wildman–Crippen MR) is 194 cm³/mol. The number of anilines is 1. The molecule has 278 valence electrons. The molecule has 6 amide bonds. The van der Waals surface area contributed by atoms with E-state index in [-0.39, 0.29) is 42.1 Å². The summed E-state index contributed by atoms with van der Waals surface area (Å²) in [5.41, 5.74) is 0.557. The van der Waals surface area contributed by atoms with Crippen molar-refractivity contribution in [3.05, 3.63) is 60.2 Å². The lowest BCUT2D eigenvalue weighted by Crippen LogP contribution is -2.59. The smallest absolute Gasteiger partial charge is 0.319 e. The molecule has 0 aliphatic carbocycles. The molecule has 51 heavy (non-hydrogen) atoms. The molecule has 0 aromatic heterocycles. The van der Waals surface area contributed by atoms with Crippen molar-refractivity contribution in [1.29, 1.82) is 0 Å². The topological polar surface area (TPSA) is 170 Å². The van der Waals surface area contributed by atoms with Gasteiger partial charge < -0.3 is 41.0 Å². The van der Waals surface area contributed by atoms with Crippen LogP contribution >= 0.6 is 0 Å². The minimum atomic E-state index is -0.993. The highest BCUT2D eigenvalue weighted by atomic mass is 16.6. The van der Waals surface area contributed by atoms with Gasteiger partial charge in [-0.25, -0.2) is 9.59 Å². The number of rotatable bonds is 16. The summed E-state index contributed by atoms with van der Waals surface area (Å²) in [4.78, 5) is 68.6. The van der Waals surface area contributed by atoms with Crippen LogP contribution in [0.2, 0.25) is 0 Å². The van der Waals surface area contributed by atoms with Crippen LogP contribution in [0.4, 0.5) is 15.3 Å². The van der Waals surface area contributed by atoms with Crippen molar-refractivity contribution in [3.63, 3.8) is 0 Å². The first-order valence-electron chi connectivity index (χ1n) is 17.9. The second-order valence-electron chi connectivity index (χ2n) is 14.5. The van der Waals surface area contributed by atoms with Crippen LogP contribution in [0, 0.1) is 11.8 Å². The molecule has 13 nitrogen and oxygen atoms in total. The molecule has 2 heterocycles. The number of ether oxygens (including phenoxy) is 2. The number of ketones is 1. The van der Waals surface area contributed by atoms with Gasteiger partial charge in [-0.15, -0.1) is 0 Å². The number of carbonyl (C=O) groups is 5. The number of amides is 6. The van der Waals surface area contributed by atoms with Crippen molar-refractivity contribution >= 4 is 35.3 Å². The third kappa shape index (κ3) is 12.0. The number of urea groups is 2. The number of nitrogens with one attached hydrogen (secondary N) is 5. The average Bonchev–Trinajstić information content (AvgIpc) is 3.85. The molecule has 4 unspecified atom stereocenters. The van der Waals surface area contributed by atoms with Gasteiger partial charge in [-0.3, -0.25) is 14.4 Å². The molecule has 0 spiro atoms. The number of likely N-dealkylation sites (tertiary alicyclic amines) is 1. The Morgan fingerprint density at radius 3 is 1.96 bits per heavy atom. The van der Waals surface area contributed by atoms with Crippen molar-refractivity contribution in [2.24, 2.45) is 11.8 Å². The fraction of sp³-hybridized carbons (Fsp3) is 0.553. The lowest BCUT2D eigenvalue weighted by atomic mass is 9.93. The Morgan fingerprint density at radius 2 is 1.39 bits per heavy atom. The van der Waals surface area contributed by atoms with E-state index in [1.807, 2.05) is 58.0 Å². The van der Waals surface area contributed by atoms with Crippen molar-refractivity contribution in [1.82, 2.24) is 26.2 Å². The molecule has 13 heteroatoms. The molecule has 2 aromatic rings. The van der Waals surface area contributed by atoms with E-state index in [0.29, 0.717) is 56.8 Å². The number of nitrogens with zero attached hydrogens (tertiary/aromatic N) is 1. The highest BCUT2D eigenvalue weighted by molar-refractivity contribution is 5.98.